The van der Waals surface area contributed by atoms with Crippen LogP contribution in [0.25, 0.3) is 0 Å². The first-order chi connectivity index (χ1) is 31.2. The number of hydrogen-bond acceptors (Lipinski definition) is 19. The third kappa shape index (κ3) is 8.01. The van der Waals surface area contributed by atoms with Crippen LogP contribution in [0.5, 0.6) is 0 Å². The van der Waals surface area contributed by atoms with E-state index in [0.717, 1.165) is 12.7 Å². The molecule has 0 aromatic heterocycles. The number of carbonyl (C=O) groups excluding carboxylic acids is 2. The largest absolute Gasteiger partial charge is 0.432 e. The molecule has 4 saturated carbocycles. The minimum atomic E-state index is -1.87. The highest BCUT2D eigenvalue weighted by Crippen LogP contribution is 2.76. The van der Waals surface area contributed by atoms with Gasteiger partial charge in [0.1, 0.15) is 73.4 Å². The summed E-state index contributed by atoms with van der Waals surface area (Å²) in [5.74, 6) is -0.908. The monoisotopic (exact) mass is 956 g/mol. The molecule has 0 amide bonds. The number of aliphatic hydroxyl groups excluding tert-OH is 11. The Morgan fingerprint density at radius 1 is 0.716 bits per heavy atom. The molecule has 0 spiro atoms. The van der Waals surface area contributed by atoms with Crippen LogP contribution >= 0.6 is 0 Å². The maximum atomic E-state index is 15.0. The minimum Gasteiger partial charge on any atom is -0.432 e. The predicted octanol–water partition coefficient (Wildman–Crippen LogP) is -0.682. The fraction of sp³-hybridized carbons (Fsp3) is 0.917. The van der Waals surface area contributed by atoms with Gasteiger partial charge in [-0.3, -0.25) is 4.79 Å². The van der Waals surface area contributed by atoms with E-state index in [-0.39, 0.29) is 34.0 Å². The van der Waals surface area contributed by atoms with Gasteiger partial charge in [-0.2, -0.15) is 0 Å². The van der Waals surface area contributed by atoms with Crippen molar-refractivity contribution in [3.8, 4) is 0 Å². The standard InChI is InChI=1S/C48H76O19/c1-21-29(52)31(54)34(57)40(63-21)66-37-25(18-49)64-39(36(59)33(37)56)62-19-26-30(53)32(55)35(58)41(65-26)67-42(61)48-14-12-43(2,3)16-23(48)22-8-9-28-44(4)17-24(51)38(60)45(5,20-50)27(44)10-11-47(28,7)46(22,6)13-15-48/h8,20-21,23-41,49,51-60H,9-19H2,1-7H3/t21-,23-,24+,25+,26+,27+,28+,29-,30+,31+,32-,33+,34+,35+,36+,37+,38-,39+,40-,41-,44-,45-,46+,47+,48-/m0/s1. The van der Waals surface area contributed by atoms with E-state index in [1.54, 1.807) is 6.92 Å². The topological polar surface area (TPSA) is 312 Å². The SMILES string of the molecule is C[C@@H]1O[C@@H](O[C@H]2[C@H](O)[C@@H](O)[C@H](OC[C@H]3O[C@@H](OC(=O)[C@]45CCC(C)(C)C[C@H]4C4=CC[C@@H]6[C@@]7(C)C[C@@H](O)[C@H](O)[C@@](C)(C=O)[C@@H]7CC[C@@]6(C)[C@]4(C)CC5)[C@H](O)[C@@H](O)[C@@H]3O)O[C@@H]2CO)[C@H](O)[C@H](O)[C@H]1O. The molecule has 3 aliphatic heterocycles. The summed E-state index contributed by atoms with van der Waals surface area (Å²) >= 11 is 0. The highest BCUT2D eigenvalue weighted by Gasteiger charge is 2.71. The molecule has 8 rings (SSSR count). The fourth-order valence-electron chi connectivity index (χ4n) is 14.8. The van der Waals surface area contributed by atoms with Gasteiger partial charge in [0.25, 0.3) is 0 Å². The van der Waals surface area contributed by atoms with Crippen LogP contribution in [0.15, 0.2) is 11.6 Å². The normalized spacial score (nSPS) is 55.2. The van der Waals surface area contributed by atoms with Crippen molar-refractivity contribution in [2.24, 2.45) is 50.2 Å². The molecular weight excluding hydrogens is 881 g/mol. The number of ether oxygens (including phenoxy) is 6. The molecule has 382 valence electrons. The van der Waals surface area contributed by atoms with Gasteiger partial charge in [0.2, 0.25) is 6.29 Å². The molecule has 3 heterocycles. The van der Waals surface area contributed by atoms with Gasteiger partial charge in [-0.15, -0.1) is 0 Å². The second kappa shape index (κ2) is 18.1. The zero-order chi connectivity index (χ0) is 49.1. The lowest BCUT2D eigenvalue weighted by Gasteiger charge is -2.71. The molecule has 0 aromatic carbocycles. The average molecular weight is 957 g/mol. The van der Waals surface area contributed by atoms with E-state index < -0.39 is 140 Å². The minimum absolute atomic E-state index is 0.0791. The van der Waals surface area contributed by atoms with Gasteiger partial charge in [0, 0.05) is 0 Å². The van der Waals surface area contributed by atoms with Gasteiger partial charge in [0.15, 0.2) is 12.6 Å². The van der Waals surface area contributed by atoms with Crippen molar-refractivity contribution in [1.82, 2.24) is 0 Å². The molecule has 67 heavy (non-hydrogen) atoms. The number of rotatable bonds is 9. The molecule has 19 nitrogen and oxygen atoms in total. The Bertz CT molecular complexity index is 1870. The van der Waals surface area contributed by atoms with Crippen LogP contribution in [-0.2, 0) is 38.0 Å². The summed E-state index contributed by atoms with van der Waals surface area (Å²) in [6.07, 6.45) is -18.0. The molecule has 7 fully saturated rings. The van der Waals surface area contributed by atoms with Gasteiger partial charge in [-0.25, -0.2) is 0 Å². The summed E-state index contributed by atoms with van der Waals surface area (Å²) in [4.78, 5) is 27.7. The van der Waals surface area contributed by atoms with Crippen molar-refractivity contribution < 1.29 is 94.2 Å². The molecule has 0 radical (unpaired) electrons. The van der Waals surface area contributed by atoms with Crippen LogP contribution in [0.4, 0.5) is 0 Å². The van der Waals surface area contributed by atoms with Crippen LogP contribution < -0.4 is 0 Å². The number of aldehydes is 1. The Morgan fingerprint density at radius 3 is 2.01 bits per heavy atom. The van der Waals surface area contributed by atoms with Gasteiger partial charge < -0.3 is 89.4 Å². The summed E-state index contributed by atoms with van der Waals surface area (Å²) in [6.45, 7) is 13.0. The molecule has 19 heteroatoms. The number of esters is 1. The third-order valence-electron chi connectivity index (χ3n) is 19.2. The van der Waals surface area contributed by atoms with Crippen molar-refractivity contribution in [2.75, 3.05) is 13.2 Å². The van der Waals surface area contributed by atoms with Gasteiger partial charge >= 0.3 is 5.97 Å². The molecule has 11 N–H and O–H groups in total. The van der Waals surface area contributed by atoms with E-state index >= 15 is 0 Å². The Balaban J connectivity index is 0.983. The number of allylic oxidation sites excluding steroid dienone is 2. The highest BCUT2D eigenvalue weighted by molar-refractivity contribution is 5.79. The smallest absolute Gasteiger partial charge is 0.315 e. The van der Waals surface area contributed by atoms with E-state index in [0.29, 0.717) is 51.4 Å². The van der Waals surface area contributed by atoms with Crippen LogP contribution in [0.2, 0.25) is 0 Å². The van der Waals surface area contributed by atoms with Crippen LogP contribution in [0.1, 0.15) is 106 Å². The quantitative estimate of drug-likeness (QED) is 0.0775. The van der Waals surface area contributed by atoms with E-state index in [2.05, 4.69) is 40.7 Å². The van der Waals surface area contributed by atoms with Gasteiger partial charge in [-0.05, 0) is 104 Å². The molecule has 8 aliphatic rings. The second-order valence-electron chi connectivity index (χ2n) is 23.3. The first-order valence-electron chi connectivity index (χ1n) is 24.3. The van der Waals surface area contributed by atoms with Gasteiger partial charge in [-0.1, -0.05) is 53.2 Å². The first kappa shape index (κ1) is 51.6. The maximum Gasteiger partial charge on any atom is 0.315 e. The first-order valence-corrected chi connectivity index (χ1v) is 24.3. The Hall–Kier alpha value is -1.76. The molecule has 0 bridgehead atoms. The number of fused-ring (bicyclic) bond motifs is 7. The van der Waals surface area contributed by atoms with Crippen LogP contribution in [0.3, 0.4) is 0 Å². The maximum absolute atomic E-state index is 15.0. The van der Waals surface area contributed by atoms with E-state index in [4.69, 9.17) is 28.4 Å². The Morgan fingerprint density at radius 2 is 1.34 bits per heavy atom. The zero-order valence-electron chi connectivity index (χ0n) is 39.7. The molecule has 0 unspecified atom stereocenters. The lowest BCUT2D eigenvalue weighted by atomic mass is 9.33. The Kier molecular flexibility index (Phi) is 13.9. The average Bonchev–Trinajstić information content (AvgIpc) is 3.28. The Labute approximate surface area is 391 Å². The van der Waals surface area contributed by atoms with Crippen molar-refractivity contribution in [2.45, 2.75) is 211 Å². The van der Waals surface area contributed by atoms with Gasteiger partial charge in [0.05, 0.1) is 42.4 Å². The summed E-state index contributed by atoms with van der Waals surface area (Å²) < 4.78 is 34.7. The third-order valence-corrected chi connectivity index (χ3v) is 19.2. The molecule has 5 aliphatic carbocycles. The van der Waals surface area contributed by atoms with Crippen molar-refractivity contribution in [1.29, 1.82) is 0 Å². The lowest BCUT2D eigenvalue weighted by Crippen LogP contribution is -2.68. The molecular formula is C48H76O19. The summed E-state index contributed by atoms with van der Waals surface area (Å²) in [5.41, 5.74) is -2.17. The predicted molar refractivity (Wildman–Crippen MR) is 231 cm³/mol. The number of carbonyl (C=O) groups is 2. The highest BCUT2D eigenvalue weighted by atomic mass is 16.8. The van der Waals surface area contributed by atoms with Crippen molar-refractivity contribution in [3.63, 3.8) is 0 Å². The fourth-order valence-corrected chi connectivity index (χ4v) is 14.8. The summed E-state index contributed by atoms with van der Waals surface area (Å²) in [6, 6.07) is 0. The van der Waals surface area contributed by atoms with Crippen LogP contribution in [0, 0.1) is 50.2 Å². The lowest BCUT2D eigenvalue weighted by molar-refractivity contribution is -0.361. The summed E-state index contributed by atoms with van der Waals surface area (Å²) in [7, 11) is 0. The van der Waals surface area contributed by atoms with E-state index in [1.165, 1.54) is 12.5 Å². The molecule has 0 aromatic rings. The number of hydrogen-bond donors (Lipinski definition) is 11. The summed E-state index contributed by atoms with van der Waals surface area (Å²) in [5, 5.41) is 119. The van der Waals surface area contributed by atoms with Crippen molar-refractivity contribution >= 4 is 12.3 Å². The molecule has 3 saturated heterocycles. The van der Waals surface area contributed by atoms with Crippen LogP contribution in [-0.4, -0.2) is 186 Å². The number of aliphatic hydroxyl groups is 11. The zero-order valence-corrected chi connectivity index (χ0v) is 39.7. The second-order valence-corrected chi connectivity index (χ2v) is 23.3. The van der Waals surface area contributed by atoms with E-state index in [9.17, 15) is 65.8 Å². The van der Waals surface area contributed by atoms with E-state index in [1.807, 2.05) is 0 Å². The molecule has 25 atom stereocenters. The van der Waals surface area contributed by atoms with Crippen molar-refractivity contribution in [3.05, 3.63) is 11.6 Å².